The van der Waals surface area contributed by atoms with Gasteiger partial charge in [-0.2, -0.15) is 18.6 Å². The molecule has 16 heavy (non-hydrogen) atoms. The summed E-state index contributed by atoms with van der Waals surface area (Å²) in [6, 6.07) is 4.57. The van der Waals surface area contributed by atoms with Gasteiger partial charge in [0.1, 0.15) is 5.69 Å². The first-order valence-electron chi connectivity index (χ1n) is 4.24. The van der Waals surface area contributed by atoms with Gasteiger partial charge in [0.05, 0.1) is 4.88 Å². The number of rotatable bonds is 3. The third-order valence-electron chi connectivity index (χ3n) is 1.91. The van der Waals surface area contributed by atoms with Crippen LogP contribution >= 0.6 is 11.3 Å². The van der Waals surface area contributed by atoms with E-state index in [1.165, 1.54) is 11.3 Å². The number of thiophene rings is 1. The zero-order valence-electron chi connectivity index (χ0n) is 7.80. The minimum Gasteiger partial charge on any atom is -0.477 e. The molecule has 84 valence electrons. The van der Waals surface area contributed by atoms with Crippen LogP contribution in [0.25, 0.3) is 10.6 Å². The molecule has 0 unspecified atom stereocenters. The van der Waals surface area contributed by atoms with E-state index in [0.717, 1.165) is 6.07 Å². The van der Waals surface area contributed by atoms with Crippen molar-refractivity contribution in [2.24, 2.45) is 0 Å². The smallest absolute Gasteiger partial charge is 0.354 e. The summed E-state index contributed by atoms with van der Waals surface area (Å²) in [5.41, 5.74) is -0.272. The lowest BCUT2D eigenvalue weighted by atomic mass is 10.3. The van der Waals surface area contributed by atoms with Crippen molar-refractivity contribution in [2.75, 3.05) is 0 Å². The topological polar surface area (TPSA) is 55.1 Å². The van der Waals surface area contributed by atoms with Crippen molar-refractivity contribution in [3.63, 3.8) is 0 Å². The molecular weight excluding hydrogens is 238 g/mol. The highest BCUT2D eigenvalue weighted by Gasteiger charge is 2.20. The van der Waals surface area contributed by atoms with Gasteiger partial charge < -0.3 is 5.11 Å². The van der Waals surface area contributed by atoms with E-state index in [1.54, 1.807) is 17.5 Å². The molecule has 0 spiro atoms. The van der Waals surface area contributed by atoms with Gasteiger partial charge >= 0.3 is 12.5 Å². The highest BCUT2D eigenvalue weighted by atomic mass is 32.1. The summed E-state index contributed by atoms with van der Waals surface area (Å²) in [4.78, 5) is 11.4. The van der Waals surface area contributed by atoms with Crippen LogP contribution in [-0.4, -0.2) is 20.9 Å². The van der Waals surface area contributed by atoms with Crippen molar-refractivity contribution < 1.29 is 18.7 Å². The monoisotopic (exact) mass is 244 g/mol. The van der Waals surface area contributed by atoms with Crippen LogP contribution in [0.4, 0.5) is 8.78 Å². The second-order valence-electron chi connectivity index (χ2n) is 2.92. The molecule has 0 aromatic carbocycles. The van der Waals surface area contributed by atoms with Crippen molar-refractivity contribution in [2.45, 2.75) is 6.55 Å². The van der Waals surface area contributed by atoms with Crippen LogP contribution in [0.2, 0.25) is 0 Å². The van der Waals surface area contributed by atoms with E-state index in [0.29, 0.717) is 4.88 Å². The van der Waals surface area contributed by atoms with Crippen LogP contribution in [0.3, 0.4) is 0 Å². The maximum atomic E-state index is 12.5. The lowest BCUT2D eigenvalue weighted by molar-refractivity contribution is 0.0440. The largest absolute Gasteiger partial charge is 0.477 e. The van der Waals surface area contributed by atoms with Crippen LogP contribution in [0.15, 0.2) is 23.6 Å². The lowest BCUT2D eigenvalue weighted by Crippen LogP contribution is -2.10. The summed E-state index contributed by atoms with van der Waals surface area (Å²) in [6.07, 6.45) is 0. The van der Waals surface area contributed by atoms with Crippen molar-refractivity contribution in [3.8, 4) is 10.6 Å². The van der Waals surface area contributed by atoms with E-state index < -0.39 is 18.2 Å². The molecule has 2 aromatic heterocycles. The van der Waals surface area contributed by atoms with Crippen LogP contribution in [0, 0.1) is 0 Å². The van der Waals surface area contributed by atoms with Gasteiger partial charge in [-0.05, 0) is 17.5 Å². The van der Waals surface area contributed by atoms with Gasteiger partial charge in [-0.1, -0.05) is 6.07 Å². The average Bonchev–Trinajstić information content (AvgIpc) is 2.86. The fourth-order valence-corrected chi connectivity index (χ4v) is 1.93. The molecule has 0 saturated heterocycles. The molecule has 2 heterocycles. The summed E-state index contributed by atoms with van der Waals surface area (Å²) in [5.74, 6) is -1.42. The van der Waals surface area contributed by atoms with E-state index >= 15 is 0 Å². The normalized spacial score (nSPS) is 10.9. The maximum Gasteiger partial charge on any atom is 0.354 e. The highest BCUT2D eigenvalue weighted by Crippen LogP contribution is 2.26. The first-order chi connectivity index (χ1) is 7.59. The number of hydrogen-bond acceptors (Lipinski definition) is 3. The Balaban J connectivity index is 2.51. The molecular formula is C9H6F2N2O2S. The van der Waals surface area contributed by atoms with Crippen LogP contribution in [0.1, 0.15) is 17.0 Å². The molecule has 0 bridgehead atoms. The van der Waals surface area contributed by atoms with E-state index in [1.807, 2.05) is 0 Å². The molecule has 0 fully saturated rings. The third-order valence-corrected chi connectivity index (χ3v) is 2.81. The number of carboxylic acids is 1. The molecule has 4 nitrogen and oxygen atoms in total. The Morgan fingerprint density at radius 2 is 2.31 bits per heavy atom. The maximum absolute atomic E-state index is 12.5. The summed E-state index contributed by atoms with van der Waals surface area (Å²) < 4.78 is 25.2. The van der Waals surface area contributed by atoms with E-state index in [9.17, 15) is 13.6 Å². The molecule has 1 N–H and O–H groups in total. The quantitative estimate of drug-likeness (QED) is 0.903. The number of halogens is 2. The molecule has 0 atom stereocenters. The molecule has 2 aromatic rings. The molecule has 0 saturated carbocycles. The Morgan fingerprint density at radius 1 is 1.56 bits per heavy atom. The first kappa shape index (κ1) is 10.7. The van der Waals surface area contributed by atoms with Crippen molar-refractivity contribution in [1.82, 2.24) is 9.78 Å². The highest BCUT2D eigenvalue weighted by molar-refractivity contribution is 7.13. The van der Waals surface area contributed by atoms with Crippen LogP contribution in [0.5, 0.6) is 0 Å². The molecule has 0 radical (unpaired) electrons. The van der Waals surface area contributed by atoms with Gasteiger partial charge in [-0.15, -0.1) is 11.3 Å². The average molecular weight is 244 g/mol. The number of hydrogen-bond donors (Lipinski definition) is 1. The first-order valence-corrected chi connectivity index (χ1v) is 5.12. The van der Waals surface area contributed by atoms with Crippen molar-refractivity contribution in [1.29, 1.82) is 0 Å². The molecule has 0 aliphatic carbocycles. The van der Waals surface area contributed by atoms with Crippen LogP contribution in [-0.2, 0) is 0 Å². The Bertz CT molecular complexity index is 508. The van der Waals surface area contributed by atoms with Crippen molar-refractivity contribution in [3.05, 3.63) is 29.3 Å². The van der Waals surface area contributed by atoms with Gasteiger partial charge in [0.15, 0.2) is 5.69 Å². The Morgan fingerprint density at radius 3 is 2.75 bits per heavy atom. The summed E-state index contributed by atoms with van der Waals surface area (Å²) in [6.45, 7) is -2.96. The van der Waals surface area contributed by atoms with Gasteiger partial charge in [-0.3, -0.25) is 0 Å². The fourth-order valence-electron chi connectivity index (χ4n) is 1.25. The van der Waals surface area contributed by atoms with E-state index in [4.69, 9.17) is 5.11 Å². The Labute approximate surface area is 92.8 Å². The number of aromatic carboxylic acids is 1. The molecule has 0 amide bonds. The molecule has 2 rings (SSSR count). The second kappa shape index (κ2) is 4.01. The fraction of sp³-hybridized carbons (Fsp3) is 0.111. The summed E-state index contributed by atoms with van der Waals surface area (Å²) >= 11 is 1.31. The van der Waals surface area contributed by atoms with Crippen molar-refractivity contribution >= 4 is 17.3 Å². The number of nitrogens with zero attached hydrogens (tertiary/aromatic N) is 2. The number of alkyl halides is 2. The van der Waals surface area contributed by atoms with Gasteiger partial charge in [0.25, 0.3) is 0 Å². The minimum atomic E-state index is -2.96. The Hall–Kier alpha value is -1.76. The second-order valence-corrected chi connectivity index (χ2v) is 3.87. The number of aromatic nitrogens is 2. The minimum absolute atomic E-state index is 0.206. The summed E-state index contributed by atoms with van der Waals surface area (Å²) in [7, 11) is 0. The predicted molar refractivity (Wildman–Crippen MR) is 53.8 cm³/mol. The lowest BCUT2D eigenvalue weighted by Gasteiger charge is -2.00. The SMILES string of the molecule is O=C(O)c1cc(-c2cccs2)nn1C(F)F. The van der Waals surface area contributed by atoms with Gasteiger partial charge in [0, 0.05) is 0 Å². The number of carboxylic acid groups (broad SMARTS) is 1. The van der Waals surface area contributed by atoms with Gasteiger partial charge in [0.2, 0.25) is 0 Å². The standard InChI is InChI=1S/C9H6F2N2O2S/c10-9(11)13-6(8(14)15)4-5(12-13)7-2-1-3-16-7/h1-4,9H,(H,14,15). The zero-order chi connectivity index (χ0) is 11.7. The molecule has 7 heteroatoms. The number of carbonyl (C=O) groups is 1. The summed E-state index contributed by atoms with van der Waals surface area (Å²) in [5, 5.41) is 14.1. The van der Waals surface area contributed by atoms with E-state index in [2.05, 4.69) is 5.10 Å². The third kappa shape index (κ3) is 1.81. The zero-order valence-corrected chi connectivity index (χ0v) is 8.62. The van der Waals surface area contributed by atoms with E-state index in [-0.39, 0.29) is 10.4 Å². The molecule has 0 aliphatic heterocycles. The molecule has 0 aliphatic rings. The van der Waals surface area contributed by atoms with Crippen LogP contribution < -0.4 is 0 Å². The Kier molecular flexibility index (Phi) is 2.69. The predicted octanol–water partition coefficient (Wildman–Crippen LogP) is 2.70. The van der Waals surface area contributed by atoms with Gasteiger partial charge in [-0.25, -0.2) is 4.79 Å².